The molecule has 3 heterocycles. The average molecular weight is 364 g/mol. The number of rotatable bonds is 1. The van der Waals surface area contributed by atoms with E-state index in [1.165, 1.54) is 6.42 Å². The number of carbonyl (C=O) groups excluding carboxylic acids is 1. The van der Waals surface area contributed by atoms with Gasteiger partial charge in [0.15, 0.2) is 5.65 Å². The molecule has 2 unspecified atom stereocenters. The van der Waals surface area contributed by atoms with E-state index in [1.807, 2.05) is 35.4 Å². The molecule has 0 bridgehead atoms. The van der Waals surface area contributed by atoms with Gasteiger partial charge in [0, 0.05) is 19.3 Å². The highest BCUT2D eigenvalue weighted by Crippen LogP contribution is 2.26. The first-order valence-electron chi connectivity index (χ1n) is 7.81. The van der Waals surface area contributed by atoms with Crippen molar-refractivity contribution in [3.8, 4) is 0 Å². The first kappa shape index (κ1) is 15.5. The topological polar surface area (TPSA) is 37.6 Å². The van der Waals surface area contributed by atoms with Crippen molar-refractivity contribution >= 4 is 27.5 Å². The number of pyridine rings is 1. The van der Waals surface area contributed by atoms with E-state index in [2.05, 4.69) is 34.8 Å². The van der Waals surface area contributed by atoms with Gasteiger partial charge in [-0.1, -0.05) is 13.8 Å². The molecule has 2 aromatic rings. The summed E-state index contributed by atoms with van der Waals surface area (Å²) in [6.45, 7) is 10.1. The number of nitrogens with zero attached hydrogens (tertiary/aromatic N) is 3. The van der Waals surface area contributed by atoms with Gasteiger partial charge in [-0.25, -0.2) is 4.98 Å². The van der Waals surface area contributed by atoms with E-state index in [0.717, 1.165) is 34.5 Å². The second-order valence-corrected chi connectivity index (χ2v) is 7.62. The first-order valence-corrected chi connectivity index (χ1v) is 8.60. The normalized spacial score (nSPS) is 22.3. The van der Waals surface area contributed by atoms with E-state index >= 15 is 0 Å². The highest BCUT2D eigenvalue weighted by molar-refractivity contribution is 9.10. The second kappa shape index (κ2) is 5.69. The lowest BCUT2D eigenvalue weighted by molar-refractivity contribution is 0.0615. The van der Waals surface area contributed by atoms with Gasteiger partial charge in [-0.05, 0) is 59.7 Å². The second-order valence-electron chi connectivity index (χ2n) is 6.76. The van der Waals surface area contributed by atoms with Crippen molar-refractivity contribution in [3.05, 3.63) is 33.7 Å². The van der Waals surface area contributed by atoms with Crippen LogP contribution in [0.5, 0.6) is 0 Å². The molecule has 3 rings (SSSR count). The van der Waals surface area contributed by atoms with E-state index in [1.54, 1.807) is 0 Å². The number of hydrogen-bond donors (Lipinski definition) is 0. The van der Waals surface area contributed by atoms with Crippen LogP contribution in [0, 0.1) is 25.7 Å². The molecular formula is C17H22BrN3O. The van der Waals surface area contributed by atoms with Crippen LogP contribution in [0.15, 0.2) is 16.7 Å². The minimum atomic E-state index is 0.0981. The zero-order valence-electron chi connectivity index (χ0n) is 13.6. The van der Waals surface area contributed by atoms with Crippen LogP contribution in [0.3, 0.4) is 0 Å². The number of hydrogen-bond acceptors (Lipinski definition) is 2. The molecule has 1 amide bonds. The van der Waals surface area contributed by atoms with E-state index in [0.29, 0.717) is 17.5 Å². The van der Waals surface area contributed by atoms with Crippen molar-refractivity contribution in [2.24, 2.45) is 11.8 Å². The molecule has 1 aliphatic rings. The molecule has 0 aliphatic carbocycles. The number of carbonyl (C=O) groups is 1. The lowest BCUT2D eigenvalue weighted by Gasteiger charge is -2.35. The Morgan fingerprint density at radius 1 is 1.27 bits per heavy atom. The quantitative estimate of drug-likeness (QED) is 0.771. The summed E-state index contributed by atoms with van der Waals surface area (Å²) in [5, 5.41) is 0. The predicted molar refractivity (Wildman–Crippen MR) is 91.2 cm³/mol. The molecule has 0 saturated carbocycles. The summed E-state index contributed by atoms with van der Waals surface area (Å²) >= 11 is 3.55. The molecule has 22 heavy (non-hydrogen) atoms. The van der Waals surface area contributed by atoms with Crippen LogP contribution >= 0.6 is 15.9 Å². The number of likely N-dealkylation sites (tertiary alicyclic amines) is 1. The average Bonchev–Trinajstić information content (AvgIpc) is 2.73. The first-order chi connectivity index (χ1) is 10.4. The summed E-state index contributed by atoms with van der Waals surface area (Å²) in [5.74, 6) is 1.21. The monoisotopic (exact) mass is 363 g/mol. The number of piperidine rings is 1. The van der Waals surface area contributed by atoms with E-state index in [9.17, 15) is 4.79 Å². The molecule has 5 heteroatoms. The third-order valence-electron chi connectivity index (χ3n) is 4.34. The summed E-state index contributed by atoms with van der Waals surface area (Å²) in [6, 6.07) is 2.03. The van der Waals surface area contributed by atoms with Gasteiger partial charge in [-0.2, -0.15) is 0 Å². The number of aromatic nitrogens is 2. The summed E-state index contributed by atoms with van der Waals surface area (Å²) in [6.07, 6.45) is 3.19. The Balaban J connectivity index is 2.06. The van der Waals surface area contributed by atoms with Crippen LogP contribution < -0.4 is 0 Å². The zero-order chi connectivity index (χ0) is 16.0. The Morgan fingerprint density at radius 3 is 2.55 bits per heavy atom. The SMILES string of the molecule is Cc1cc(Br)c2nc(C)c(C(=O)N3CC(C)CC(C)C3)n2c1. The van der Waals surface area contributed by atoms with Gasteiger partial charge in [0.05, 0.1) is 10.2 Å². The Bertz CT molecular complexity index is 727. The van der Waals surface area contributed by atoms with E-state index in [4.69, 9.17) is 0 Å². The third kappa shape index (κ3) is 2.67. The molecular weight excluding hydrogens is 342 g/mol. The fourth-order valence-corrected chi connectivity index (χ4v) is 4.22. The summed E-state index contributed by atoms with van der Waals surface area (Å²) in [4.78, 5) is 19.6. The maximum Gasteiger partial charge on any atom is 0.272 e. The van der Waals surface area contributed by atoms with Crippen molar-refractivity contribution in [2.45, 2.75) is 34.1 Å². The van der Waals surface area contributed by atoms with Crippen molar-refractivity contribution in [3.63, 3.8) is 0 Å². The van der Waals surface area contributed by atoms with Crippen molar-refractivity contribution < 1.29 is 4.79 Å². The van der Waals surface area contributed by atoms with Gasteiger partial charge in [0.25, 0.3) is 5.91 Å². The van der Waals surface area contributed by atoms with Crippen LogP contribution in [0.2, 0.25) is 0 Å². The van der Waals surface area contributed by atoms with Gasteiger partial charge in [-0.3, -0.25) is 9.20 Å². The summed E-state index contributed by atoms with van der Waals surface area (Å²) in [7, 11) is 0. The van der Waals surface area contributed by atoms with E-state index in [-0.39, 0.29) is 5.91 Å². The van der Waals surface area contributed by atoms with Crippen LogP contribution in [-0.4, -0.2) is 33.3 Å². The molecule has 118 valence electrons. The van der Waals surface area contributed by atoms with Crippen LogP contribution in [-0.2, 0) is 0 Å². The molecule has 2 atom stereocenters. The minimum absolute atomic E-state index is 0.0981. The minimum Gasteiger partial charge on any atom is -0.337 e. The number of imidazole rings is 1. The van der Waals surface area contributed by atoms with Crippen LogP contribution in [0.1, 0.15) is 42.0 Å². The van der Waals surface area contributed by atoms with Gasteiger partial charge in [0.2, 0.25) is 0 Å². The maximum atomic E-state index is 13.1. The van der Waals surface area contributed by atoms with Gasteiger partial charge in [0.1, 0.15) is 5.69 Å². The Hall–Kier alpha value is -1.36. The smallest absolute Gasteiger partial charge is 0.272 e. The number of halogens is 1. The standard InChI is InChI=1S/C17H22BrN3O/c1-10-5-11(2)8-20(7-10)17(22)15-13(4)19-16-14(18)6-12(3)9-21(15)16/h6,9-11H,5,7-8H2,1-4H3. The van der Waals surface area contributed by atoms with Gasteiger partial charge in [-0.15, -0.1) is 0 Å². The molecule has 0 spiro atoms. The predicted octanol–water partition coefficient (Wildman–Crippen LogP) is 3.83. The van der Waals surface area contributed by atoms with Gasteiger partial charge < -0.3 is 4.90 Å². The number of amides is 1. The Morgan fingerprint density at radius 2 is 1.91 bits per heavy atom. The maximum absolute atomic E-state index is 13.1. The zero-order valence-corrected chi connectivity index (χ0v) is 15.1. The highest BCUT2D eigenvalue weighted by Gasteiger charge is 2.29. The van der Waals surface area contributed by atoms with Crippen LogP contribution in [0.25, 0.3) is 5.65 Å². The van der Waals surface area contributed by atoms with Gasteiger partial charge >= 0.3 is 0 Å². The fourth-order valence-electron chi connectivity index (χ4n) is 3.58. The van der Waals surface area contributed by atoms with Crippen LogP contribution in [0.4, 0.5) is 0 Å². The Labute approximate surface area is 139 Å². The lowest BCUT2D eigenvalue weighted by Crippen LogP contribution is -2.43. The number of aryl methyl sites for hydroxylation is 2. The molecule has 2 aromatic heterocycles. The molecule has 0 radical (unpaired) electrons. The van der Waals surface area contributed by atoms with Crippen molar-refractivity contribution in [1.82, 2.24) is 14.3 Å². The third-order valence-corrected chi connectivity index (χ3v) is 4.93. The molecule has 1 saturated heterocycles. The molecule has 1 aliphatic heterocycles. The number of fused-ring (bicyclic) bond motifs is 1. The largest absolute Gasteiger partial charge is 0.337 e. The Kier molecular flexibility index (Phi) is 4.02. The fraction of sp³-hybridized carbons (Fsp3) is 0.529. The molecule has 0 aromatic carbocycles. The van der Waals surface area contributed by atoms with E-state index < -0.39 is 0 Å². The van der Waals surface area contributed by atoms with Crippen molar-refractivity contribution in [1.29, 1.82) is 0 Å². The summed E-state index contributed by atoms with van der Waals surface area (Å²) in [5.41, 5.74) is 3.40. The van der Waals surface area contributed by atoms with Crippen molar-refractivity contribution in [2.75, 3.05) is 13.1 Å². The lowest BCUT2D eigenvalue weighted by atomic mass is 9.91. The molecule has 4 nitrogen and oxygen atoms in total. The summed E-state index contributed by atoms with van der Waals surface area (Å²) < 4.78 is 2.86. The molecule has 0 N–H and O–H groups in total. The highest BCUT2D eigenvalue weighted by atomic mass is 79.9. The molecule has 1 fully saturated rings.